The summed E-state index contributed by atoms with van der Waals surface area (Å²) in [6.07, 6.45) is 0. The molecule has 0 aromatic carbocycles. The zero-order valence-electron chi connectivity index (χ0n) is 6.57. The van der Waals surface area contributed by atoms with E-state index >= 15 is 0 Å². The van der Waals surface area contributed by atoms with Crippen LogP contribution in [-0.4, -0.2) is 13.6 Å². The minimum atomic E-state index is 0.364. The predicted octanol–water partition coefficient (Wildman–Crippen LogP) is -0.0891. The average Bonchev–Trinajstić information content (AvgIpc) is 1.88. The largest absolute Gasteiger partial charge is 0.399 e. The van der Waals surface area contributed by atoms with Crippen LogP contribution in [0.1, 0.15) is 6.92 Å². The molecule has 0 aromatic heterocycles. The van der Waals surface area contributed by atoms with Crippen molar-refractivity contribution >= 4 is 0 Å². The molecular formula is C7H15N3. The molecule has 0 saturated carbocycles. The monoisotopic (exact) mass is 141 g/mol. The lowest BCUT2D eigenvalue weighted by atomic mass is 10.2. The molecule has 0 aromatic rings. The first-order valence-corrected chi connectivity index (χ1v) is 3.15. The second-order valence-electron chi connectivity index (χ2n) is 2.13. The van der Waals surface area contributed by atoms with Gasteiger partial charge in [-0.3, -0.25) is 0 Å². The van der Waals surface area contributed by atoms with Crippen LogP contribution in [0.5, 0.6) is 0 Å². The van der Waals surface area contributed by atoms with Gasteiger partial charge in [0.1, 0.15) is 0 Å². The Hall–Kier alpha value is -0.960. The molecule has 58 valence electrons. The second-order valence-corrected chi connectivity index (χ2v) is 2.13. The van der Waals surface area contributed by atoms with Crippen molar-refractivity contribution in [2.75, 3.05) is 13.6 Å². The van der Waals surface area contributed by atoms with Gasteiger partial charge in [-0.05, 0) is 12.5 Å². The lowest BCUT2D eigenvalue weighted by Gasteiger charge is -2.08. The molecule has 0 bridgehead atoms. The van der Waals surface area contributed by atoms with Gasteiger partial charge in [0.2, 0.25) is 0 Å². The van der Waals surface area contributed by atoms with E-state index in [0.29, 0.717) is 12.2 Å². The fourth-order valence-corrected chi connectivity index (χ4v) is 0.750. The van der Waals surface area contributed by atoms with Gasteiger partial charge in [0, 0.05) is 19.3 Å². The van der Waals surface area contributed by atoms with Gasteiger partial charge in [-0.2, -0.15) is 0 Å². The SMILES string of the molecule is C=C(C)/C(NC)=C(\N)CN. The van der Waals surface area contributed by atoms with Gasteiger partial charge in [-0.1, -0.05) is 6.58 Å². The topological polar surface area (TPSA) is 64.1 Å². The average molecular weight is 141 g/mol. The van der Waals surface area contributed by atoms with Crippen molar-refractivity contribution in [3.63, 3.8) is 0 Å². The first-order chi connectivity index (χ1) is 4.63. The highest BCUT2D eigenvalue weighted by Crippen LogP contribution is 2.03. The maximum atomic E-state index is 5.56. The molecule has 0 fully saturated rings. The summed E-state index contributed by atoms with van der Waals surface area (Å²) in [6.45, 7) is 5.99. The molecule has 0 heterocycles. The number of rotatable bonds is 3. The molecule has 0 rings (SSSR count). The van der Waals surface area contributed by atoms with Gasteiger partial charge in [-0.15, -0.1) is 0 Å². The zero-order chi connectivity index (χ0) is 8.15. The molecule has 5 N–H and O–H groups in total. The zero-order valence-corrected chi connectivity index (χ0v) is 6.57. The summed E-state index contributed by atoms with van der Waals surface area (Å²) in [5, 5.41) is 2.93. The van der Waals surface area contributed by atoms with E-state index < -0.39 is 0 Å². The fraction of sp³-hybridized carbons (Fsp3) is 0.429. The van der Waals surface area contributed by atoms with E-state index in [2.05, 4.69) is 11.9 Å². The molecule has 3 nitrogen and oxygen atoms in total. The third-order valence-electron chi connectivity index (χ3n) is 1.22. The summed E-state index contributed by atoms with van der Waals surface area (Å²) < 4.78 is 0. The van der Waals surface area contributed by atoms with Crippen molar-refractivity contribution in [2.45, 2.75) is 6.92 Å². The van der Waals surface area contributed by atoms with Crippen molar-refractivity contribution in [3.05, 3.63) is 23.5 Å². The summed E-state index contributed by atoms with van der Waals surface area (Å²) in [4.78, 5) is 0. The molecule has 10 heavy (non-hydrogen) atoms. The minimum absolute atomic E-state index is 0.364. The molecule has 0 saturated heterocycles. The van der Waals surface area contributed by atoms with E-state index in [-0.39, 0.29) is 0 Å². The van der Waals surface area contributed by atoms with E-state index in [4.69, 9.17) is 11.5 Å². The number of nitrogens with one attached hydrogen (secondary N) is 1. The van der Waals surface area contributed by atoms with E-state index in [1.807, 2.05) is 6.92 Å². The van der Waals surface area contributed by atoms with Crippen LogP contribution in [0, 0.1) is 0 Å². The summed E-state index contributed by atoms with van der Waals surface area (Å²) >= 11 is 0. The second kappa shape index (κ2) is 3.95. The van der Waals surface area contributed by atoms with Crippen LogP contribution in [-0.2, 0) is 0 Å². The van der Waals surface area contributed by atoms with Crippen molar-refractivity contribution in [1.82, 2.24) is 5.32 Å². The molecular weight excluding hydrogens is 126 g/mol. The third kappa shape index (κ3) is 2.11. The van der Waals surface area contributed by atoms with Gasteiger partial charge >= 0.3 is 0 Å². The van der Waals surface area contributed by atoms with Crippen LogP contribution in [0.15, 0.2) is 23.5 Å². The van der Waals surface area contributed by atoms with Crippen LogP contribution in [0.4, 0.5) is 0 Å². The molecule has 0 radical (unpaired) electrons. The highest BCUT2D eigenvalue weighted by Gasteiger charge is 1.98. The Morgan fingerprint density at radius 1 is 1.60 bits per heavy atom. The van der Waals surface area contributed by atoms with Gasteiger partial charge in [0.15, 0.2) is 0 Å². The van der Waals surface area contributed by atoms with Crippen molar-refractivity contribution < 1.29 is 0 Å². The number of nitrogens with two attached hydrogens (primary N) is 2. The molecule has 0 aliphatic carbocycles. The number of allylic oxidation sites excluding steroid dienone is 1. The number of likely N-dealkylation sites (N-methyl/N-ethyl adjacent to an activating group) is 1. The third-order valence-corrected chi connectivity index (χ3v) is 1.22. The Morgan fingerprint density at radius 3 is 2.20 bits per heavy atom. The number of hydrogen-bond donors (Lipinski definition) is 3. The maximum Gasteiger partial charge on any atom is 0.0565 e. The molecule has 0 unspecified atom stereocenters. The van der Waals surface area contributed by atoms with E-state index in [1.165, 1.54) is 0 Å². The lowest BCUT2D eigenvalue weighted by Crippen LogP contribution is -2.20. The molecule has 0 aliphatic rings. The van der Waals surface area contributed by atoms with E-state index in [1.54, 1.807) is 7.05 Å². The van der Waals surface area contributed by atoms with Crippen molar-refractivity contribution in [2.24, 2.45) is 11.5 Å². The molecule has 3 heteroatoms. The fourth-order valence-electron chi connectivity index (χ4n) is 0.750. The summed E-state index contributed by atoms with van der Waals surface area (Å²) in [7, 11) is 1.80. The van der Waals surface area contributed by atoms with Crippen LogP contribution in [0.2, 0.25) is 0 Å². The van der Waals surface area contributed by atoms with Crippen LogP contribution >= 0.6 is 0 Å². The maximum absolute atomic E-state index is 5.56. The Bertz CT molecular complexity index is 158. The van der Waals surface area contributed by atoms with Crippen LogP contribution < -0.4 is 16.8 Å². The smallest absolute Gasteiger partial charge is 0.0565 e. The molecule has 0 amide bonds. The first kappa shape index (κ1) is 9.04. The summed E-state index contributed by atoms with van der Waals surface area (Å²) in [5.74, 6) is 0. The highest BCUT2D eigenvalue weighted by molar-refractivity contribution is 5.28. The van der Waals surface area contributed by atoms with Crippen LogP contribution in [0.3, 0.4) is 0 Å². The molecule has 0 atom stereocenters. The summed E-state index contributed by atoms with van der Waals surface area (Å²) in [6, 6.07) is 0. The quantitative estimate of drug-likeness (QED) is 0.481. The minimum Gasteiger partial charge on any atom is -0.399 e. The van der Waals surface area contributed by atoms with Crippen molar-refractivity contribution in [3.8, 4) is 0 Å². The Labute approximate surface area is 61.8 Å². The Kier molecular flexibility index (Phi) is 3.57. The van der Waals surface area contributed by atoms with E-state index in [0.717, 1.165) is 11.3 Å². The van der Waals surface area contributed by atoms with Gasteiger partial charge in [-0.25, -0.2) is 0 Å². The van der Waals surface area contributed by atoms with Gasteiger partial charge in [0.25, 0.3) is 0 Å². The first-order valence-electron chi connectivity index (χ1n) is 3.15. The number of hydrogen-bond acceptors (Lipinski definition) is 3. The van der Waals surface area contributed by atoms with Crippen molar-refractivity contribution in [1.29, 1.82) is 0 Å². The lowest BCUT2D eigenvalue weighted by molar-refractivity contribution is 0.934. The van der Waals surface area contributed by atoms with E-state index in [9.17, 15) is 0 Å². The molecule has 0 spiro atoms. The Morgan fingerprint density at radius 2 is 2.10 bits per heavy atom. The van der Waals surface area contributed by atoms with Gasteiger partial charge < -0.3 is 16.8 Å². The van der Waals surface area contributed by atoms with Crippen LogP contribution in [0.25, 0.3) is 0 Å². The molecule has 0 aliphatic heterocycles. The Balaban J connectivity index is 4.45. The predicted molar refractivity (Wildman–Crippen MR) is 44.1 cm³/mol. The van der Waals surface area contributed by atoms with Gasteiger partial charge in [0.05, 0.1) is 5.70 Å². The summed E-state index contributed by atoms with van der Waals surface area (Å²) in [5.41, 5.74) is 13.3. The standard InChI is InChI=1S/C7H15N3/c1-5(2)7(10-3)6(9)4-8/h10H,1,4,8-9H2,2-3H3/b7-6+. The normalized spacial score (nSPS) is 12.3. The highest BCUT2D eigenvalue weighted by atomic mass is 14.9.